The van der Waals surface area contributed by atoms with Crippen LogP contribution in [0.1, 0.15) is 60.8 Å². The first-order valence-corrected chi connectivity index (χ1v) is 17.3. The fourth-order valence-electron chi connectivity index (χ4n) is 5.87. The quantitative estimate of drug-likeness (QED) is 0.0919. The number of ether oxygens (including phenoxy) is 5. The van der Waals surface area contributed by atoms with Crippen molar-refractivity contribution in [2.75, 3.05) is 41.5 Å². The molecule has 3 amide bonds. The van der Waals surface area contributed by atoms with Crippen LogP contribution < -0.4 is 24.3 Å². The van der Waals surface area contributed by atoms with E-state index in [1.54, 1.807) is 58.0 Å². The van der Waals surface area contributed by atoms with Crippen molar-refractivity contribution in [1.82, 2.24) is 15.1 Å². The van der Waals surface area contributed by atoms with E-state index in [0.29, 0.717) is 49.7 Å². The minimum Gasteiger partial charge on any atom is -0.496 e. The van der Waals surface area contributed by atoms with E-state index in [4.69, 9.17) is 47.5 Å². The summed E-state index contributed by atoms with van der Waals surface area (Å²) in [6.45, 7) is 6.61. The number of esters is 1. The second kappa shape index (κ2) is 17.1. The summed E-state index contributed by atoms with van der Waals surface area (Å²) in [5, 5.41) is 15.2. The van der Waals surface area contributed by atoms with Gasteiger partial charge in [0.25, 0.3) is 5.69 Å². The molecule has 0 radical (unpaired) electrons. The number of urea groups is 1. The smallest absolute Gasteiger partial charge is 0.345 e. The molecule has 1 heterocycles. The van der Waals surface area contributed by atoms with Crippen molar-refractivity contribution in [3.8, 4) is 23.0 Å². The van der Waals surface area contributed by atoms with Gasteiger partial charge in [-0.2, -0.15) is 0 Å². The first-order valence-electron chi connectivity index (χ1n) is 16.5. The molecule has 3 aromatic carbocycles. The molecule has 0 unspecified atom stereocenters. The summed E-state index contributed by atoms with van der Waals surface area (Å²) in [5.41, 5.74) is 0.0286. The number of hydrogen-bond donors (Lipinski definition) is 1. The van der Waals surface area contributed by atoms with Crippen molar-refractivity contribution in [2.24, 2.45) is 5.92 Å². The van der Waals surface area contributed by atoms with Crippen LogP contribution in [0.15, 0.2) is 48.5 Å². The van der Waals surface area contributed by atoms with Gasteiger partial charge in [0.05, 0.1) is 69.0 Å². The van der Waals surface area contributed by atoms with Crippen molar-refractivity contribution in [3.63, 3.8) is 0 Å². The van der Waals surface area contributed by atoms with E-state index >= 15 is 0 Å². The number of nitro benzene ring substituents is 1. The van der Waals surface area contributed by atoms with Gasteiger partial charge < -0.3 is 33.9 Å². The fourth-order valence-corrected chi connectivity index (χ4v) is 6.34. The molecule has 1 N–H and O–H groups in total. The zero-order valence-electron chi connectivity index (χ0n) is 30.8. The van der Waals surface area contributed by atoms with E-state index in [0.717, 1.165) is 4.90 Å². The summed E-state index contributed by atoms with van der Waals surface area (Å²) in [4.78, 5) is 55.5. The van der Waals surface area contributed by atoms with Crippen LogP contribution >= 0.6 is 23.8 Å². The molecule has 14 nitrogen and oxygen atoms in total. The molecule has 1 saturated heterocycles. The second-order valence-corrected chi connectivity index (χ2v) is 14.2. The van der Waals surface area contributed by atoms with Crippen LogP contribution in [0.2, 0.25) is 5.02 Å². The number of amides is 3. The van der Waals surface area contributed by atoms with Gasteiger partial charge in [0, 0.05) is 29.8 Å². The minimum atomic E-state index is -0.872. The molecule has 4 rings (SSSR count). The number of thiocarbonyl (C=S) groups is 1. The molecular formula is C37H43ClN4O10S. The number of carbonyl (C=O) groups is 3. The monoisotopic (exact) mass is 770 g/mol. The molecule has 0 saturated carbocycles. The Morgan fingerprint density at radius 3 is 2.21 bits per heavy atom. The van der Waals surface area contributed by atoms with Crippen LogP contribution in [0.25, 0.3) is 0 Å². The van der Waals surface area contributed by atoms with Gasteiger partial charge in [-0.15, -0.1) is 0 Å². The first kappa shape index (κ1) is 40.6. The number of carbonyl (C=O) groups excluding carboxylic acids is 3. The maximum absolute atomic E-state index is 14.3. The second-order valence-electron chi connectivity index (χ2n) is 13.3. The van der Waals surface area contributed by atoms with Crippen LogP contribution in [-0.2, 0) is 22.5 Å². The average molecular weight is 771 g/mol. The van der Waals surface area contributed by atoms with Gasteiger partial charge in [-0.3, -0.25) is 19.8 Å². The summed E-state index contributed by atoms with van der Waals surface area (Å²) in [7, 11) is 6.07. The van der Waals surface area contributed by atoms with Gasteiger partial charge in [-0.1, -0.05) is 29.9 Å². The fraction of sp³-hybridized carbons (Fsp3) is 0.405. The van der Waals surface area contributed by atoms with E-state index in [-0.39, 0.29) is 31.6 Å². The largest absolute Gasteiger partial charge is 0.496 e. The van der Waals surface area contributed by atoms with Crippen molar-refractivity contribution in [2.45, 2.75) is 52.3 Å². The highest BCUT2D eigenvalue weighted by atomic mass is 35.5. The zero-order chi connectivity index (χ0) is 39.2. The normalized spacial score (nSPS) is 15.3. The Morgan fingerprint density at radius 2 is 1.64 bits per heavy atom. The summed E-state index contributed by atoms with van der Waals surface area (Å²) < 4.78 is 27.6. The molecule has 1 fully saturated rings. The van der Waals surface area contributed by atoms with Gasteiger partial charge in [0.2, 0.25) is 5.91 Å². The van der Waals surface area contributed by atoms with Crippen LogP contribution in [0.3, 0.4) is 0 Å². The topological polar surface area (TPSA) is 159 Å². The molecule has 284 valence electrons. The van der Waals surface area contributed by atoms with Crippen molar-refractivity contribution < 1.29 is 43.0 Å². The Hall–Kier alpha value is -5.15. The number of nitrogens with one attached hydrogen (secondary N) is 1. The zero-order valence-corrected chi connectivity index (χ0v) is 32.4. The molecule has 3 aromatic rings. The van der Waals surface area contributed by atoms with E-state index in [1.165, 1.54) is 46.6 Å². The Morgan fingerprint density at radius 1 is 1.00 bits per heavy atom. The van der Waals surface area contributed by atoms with Crippen LogP contribution in [0.4, 0.5) is 10.5 Å². The summed E-state index contributed by atoms with van der Waals surface area (Å²) in [6.07, 6.45) is 0.149. The molecule has 1 aliphatic heterocycles. The standard InChI is InChI=1S/C37H43ClN4O10S/c1-21(22-9-11-27(29(15-22)42(46)47)35(44)52-37(2,3)4)39-36(45)41-20-33(53)40(19-28-31(50-7)16-26(48-5)17-32(28)51-8)18-24(34(41)43)13-23-14-25(38)10-12-30(23)49-6/h9-12,14-17,21,24H,13,18-20H2,1-8H3,(H,39,45)/t21-,24-/m1/s1. The predicted octanol–water partition coefficient (Wildman–Crippen LogP) is 6.54. The Bertz CT molecular complexity index is 1870. The van der Waals surface area contributed by atoms with E-state index in [9.17, 15) is 24.5 Å². The molecule has 0 bridgehead atoms. The number of methoxy groups -OCH3 is 4. The van der Waals surface area contributed by atoms with Gasteiger partial charge >= 0.3 is 12.0 Å². The molecule has 0 aromatic heterocycles. The number of nitrogens with zero attached hydrogens (tertiary/aromatic N) is 3. The van der Waals surface area contributed by atoms with Crippen LogP contribution in [0, 0.1) is 16.0 Å². The number of benzene rings is 3. The van der Waals surface area contributed by atoms with E-state index < -0.39 is 46.1 Å². The molecular weight excluding hydrogens is 728 g/mol. The van der Waals surface area contributed by atoms with E-state index in [1.807, 2.05) is 4.90 Å². The van der Waals surface area contributed by atoms with Gasteiger partial charge in [-0.25, -0.2) is 9.59 Å². The van der Waals surface area contributed by atoms with Gasteiger partial charge in [0.1, 0.15) is 34.2 Å². The lowest BCUT2D eigenvalue weighted by molar-refractivity contribution is -0.385. The Balaban J connectivity index is 1.68. The SMILES string of the molecule is COc1cc(OC)c(CN2C[C@@H](Cc3cc(Cl)ccc3OC)C(=O)N(C(=O)N[C@H](C)c3ccc(C(=O)OC(C)(C)C)c([N+](=O)[O-])c3)CC2=S)c(OC)c1. The Labute approximate surface area is 318 Å². The van der Waals surface area contributed by atoms with Gasteiger partial charge in [0.15, 0.2) is 0 Å². The lowest BCUT2D eigenvalue weighted by Crippen LogP contribution is -2.48. The number of rotatable bonds is 12. The number of halogens is 1. The highest BCUT2D eigenvalue weighted by Gasteiger charge is 2.38. The van der Waals surface area contributed by atoms with Crippen molar-refractivity contribution in [1.29, 1.82) is 0 Å². The predicted molar refractivity (Wildman–Crippen MR) is 201 cm³/mol. The lowest BCUT2D eigenvalue weighted by Gasteiger charge is -2.27. The third-order valence-electron chi connectivity index (χ3n) is 8.50. The molecule has 2 atom stereocenters. The Kier molecular flexibility index (Phi) is 13.1. The summed E-state index contributed by atoms with van der Waals surface area (Å²) in [5.74, 6) is -0.197. The first-order chi connectivity index (χ1) is 25.0. The molecule has 0 aliphatic carbocycles. The third-order valence-corrected chi connectivity index (χ3v) is 9.12. The highest BCUT2D eigenvalue weighted by molar-refractivity contribution is 7.80. The number of hydrogen-bond acceptors (Lipinski definition) is 11. The lowest BCUT2D eigenvalue weighted by atomic mass is 9.96. The maximum atomic E-state index is 14.3. The van der Waals surface area contributed by atoms with Crippen LogP contribution in [0.5, 0.6) is 23.0 Å². The van der Waals surface area contributed by atoms with E-state index in [2.05, 4.69) is 5.32 Å². The molecule has 1 aliphatic rings. The molecule has 0 spiro atoms. The van der Waals surface area contributed by atoms with Crippen molar-refractivity contribution >= 4 is 52.4 Å². The summed E-state index contributed by atoms with van der Waals surface area (Å²) in [6, 6.07) is 10.9. The highest BCUT2D eigenvalue weighted by Crippen LogP contribution is 2.36. The summed E-state index contributed by atoms with van der Waals surface area (Å²) >= 11 is 12.2. The third kappa shape index (κ3) is 9.84. The van der Waals surface area contributed by atoms with Crippen LogP contribution in [-0.4, -0.2) is 84.7 Å². The number of nitro groups is 1. The van der Waals surface area contributed by atoms with Crippen molar-refractivity contribution in [3.05, 3.63) is 85.9 Å². The minimum absolute atomic E-state index is 0.114. The van der Waals surface area contributed by atoms with Gasteiger partial charge in [-0.05, 0) is 69.5 Å². The maximum Gasteiger partial charge on any atom is 0.345 e. The average Bonchev–Trinajstić information content (AvgIpc) is 3.22. The number of imide groups is 1. The molecule has 53 heavy (non-hydrogen) atoms. The molecule has 16 heteroatoms.